The zero-order chi connectivity index (χ0) is 19.0. The van der Waals surface area contributed by atoms with E-state index in [4.69, 9.17) is 0 Å². The van der Waals surface area contributed by atoms with E-state index in [9.17, 15) is 8.42 Å². The molecular formula is C19H29N5O2S. The Morgan fingerprint density at radius 3 is 2.56 bits per heavy atom. The van der Waals surface area contributed by atoms with E-state index < -0.39 is 10.2 Å². The van der Waals surface area contributed by atoms with Crippen LogP contribution in [0.2, 0.25) is 0 Å². The second kappa shape index (κ2) is 7.50. The van der Waals surface area contributed by atoms with Crippen LogP contribution in [0.5, 0.6) is 0 Å². The second-order valence-corrected chi connectivity index (χ2v) is 10.0. The van der Waals surface area contributed by atoms with E-state index in [2.05, 4.69) is 20.9 Å². The van der Waals surface area contributed by atoms with Gasteiger partial charge in [0.2, 0.25) is 0 Å². The molecule has 1 saturated carbocycles. The van der Waals surface area contributed by atoms with Crippen LogP contribution in [0.4, 0.5) is 0 Å². The number of fused-ring (bicyclic) bond motifs is 1. The summed E-state index contributed by atoms with van der Waals surface area (Å²) >= 11 is 0. The zero-order valence-electron chi connectivity index (χ0n) is 16.2. The van der Waals surface area contributed by atoms with Crippen molar-refractivity contribution in [3.05, 3.63) is 29.6 Å². The van der Waals surface area contributed by atoms with Gasteiger partial charge in [-0.1, -0.05) is 12.8 Å². The third-order valence-electron chi connectivity index (χ3n) is 5.98. The molecule has 2 aliphatic rings. The van der Waals surface area contributed by atoms with Crippen LogP contribution in [-0.4, -0.2) is 72.2 Å². The molecule has 4 rings (SSSR count). The van der Waals surface area contributed by atoms with E-state index in [-0.39, 0.29) is 0 Å². The molecule has 0 spiro atoms. The molecule has 8 heteroatoms. The van der Waals surface area contributed by atoms with Gasteiger partial charge in [0.15, 0.2) is 0 Å². The summed E-state index contributed by atoms with van der Waals surface area (Å²) in [5.41, 5.74) is 3.68. The quantitative estimate of drug-likeness (QED) is 0.848. The Morgan fingerprint density at radius 1 is 1.19 bits per heavy atom. The maximum atomic E-state index is 12.3. The van der Waals surface area contributed by atoms with Crippen molar-refractivity contribution in [2.24, 2.45) is 0 Å². The summed E-state index contributed by atoms with van der Waals surface area (Å²) in [5.74, 6) is 0.601. The monoisotopic (exact) mass is 391 g/mol. The van der Waals surface area contributed by atoms with Crippen molar-refractivity contribution in [2.45, 2.75) is 38.1 Å². The highest BCUT2D eigenvalue weighted by Crippen LogP contribution is 2.38. The maximum Gasteiger partial charge on any atom is 0.281 e. The van der Waals surface area contributed by atoms with Gasteiger partial charge in [-0.05, 0) is 36.5 Å². The summed E-state index contributed by atoms with van der Waals surface area (Å²) in [5, 5.41) is 1.21. The minimum absolute atomic E-state index is 0.542. The number of aromatic amines is 1. The first-order chi connectivity index (χ1) is 13.0. The number of pyridine rings is 1. The molecule has 2 aromatic heterocycles. The van der Waals surface area contributed by atoms with Crippen molar-refractivity contribution in [3.63, 3.8) is 0 Å². The molecule has 0 unspecified atom stereocenters. The highest BCUT2D eigenvalue weighted by Gasteiger charge is 2.30. The van der Waals surface area contributed by atoms with E-state index in [1.807, 2.05) is 12.3 Å². The van der Waals surface area contributed by atoms with Gasteiger partial charge in [0.05, 0.1) is 0 Å². The van der Waals surface area contributed by atoms with Gasteiger partial charge in [0.1, 0.15) is 5.65 Å². The fourth-order valence-corrected chi connectivity index (χ4v) is 5.49. The average molecular weight is 392 g/mol. The standard InChI is InChI=1S/C19H29N5O2S/c1-22(2)27(25,26)24-12-10-23(11-13-24)14-17-16-8-5-9-20-19(16)21-18(17)15-6-3-4-7-15/h5,8-9,15H,3-4,6-7,10-14H2,1-2H3,(H,20,21). The van der Waals surface area contributed by atoms with Crippen LogP contribution < -0.4 is 0 Å². The van der Waals surface area contributed by atoms with E-state index in [0.717, 1.165) is 25.3 Å². The normalized spacial score (nSPS) is 20.9. The number of nitrogens with one attached hydrogen (secondary N) is 1. The third-order valence-corrected chi connectivity index (χ3v) is 7.92. The maximum absolute atomic E-state index is 12.3. The molecule has 0 amide bonds. The molecule has 2 fully saturated rings. The van der Waals surface area contributed by atoms with E-state index in [0.29, 0.717) is 19.0 Å². The Morgan fingerprint density at radius 2 is 1.89 bits per heavy atom. The lowest BCUT2D eigenvalue weighted by atomic mass is 9.98. The topological polar surface area (TPSA) is 72.5 Å². The molecule has 0 bridgehead atoms. The van der Waals surface area contributed by atoms with Gasteiger partial charge in [-0.2, -0.15) is 17.0 Å². The highest BCUT2D eigenvalue weighted by molar-refractivity contribution is 7.86. The molecule has 0 atom stereocenters. The van der Waals surface area contributed by atoms with E-state index in [1.165, 1.54) is 46.6 Å². The van der Waals surface area contributed by atoms with Crippen LogP contribution >= 0.6 is 0 Å². The average Bonchev–Trinajstić information content (AvgIpc) is 3.30. The van der Waals surface area contributed by atoms with Crippen LogP contribution in [0.3, 0.4) is 0 Å². The van der Waals surface area contributed by atoms with Crippen LogP contribution in [0.1, 0.15) is 42.9 Å². The lowest BCUT2D eigenvalue weighted by molar-refractivity contribution is 0.177. The minimum Gasteiger partial charge on any atom is -0.343 e. The van der Waals surface area contributed by atoms with Crippen molar-refractivity contribution >= 4 is 21.2 Å². The van der Waals surface area contributed by atoms with E-state index >= 15 is 0 Å². The Labute approximate surface area is 161 Å². The van der Waals surface area contributed by atoms with Crippen molar-refractivity contribution < 1.29 is 8.42 Å². The van der Waals surface area contributed by atoms with Gasteiger partial charge in [0, 0.05) is 64.1 Å². The highest BCUT2D eigenvalue weighted by atomic mass is 32.2. The number of aromatic nitrogens is 2. The Hall–Kier alpha value is -1.48. The largest absolute Gasteiger partial charge is 0.343 e. The number of rotatable bonds is 5. The number of piperazine rings is 1. The summed E-state index contributed by atoms with van der Waals surface area (Å²) in [7, 11) is -0.134. The van der Waals surface area contributed by atoms with Crippen molar-refractivity contribution in [1.29, 1.82) is 0 Å². The molecule has 1 aliphatic carbocycles. The number of hydrogen-bond acceptors (Lipinski definition) is 4. The molecule has 1 saturated heterocycles. The molecule has 0 aromatic carbocycles. The van der Waals surface area contributed by atoms with Crippen molar-refractivity contribution in [3.8, 4) is 0 Å². The smallest absolute Gasteiger partial charge is 0.281 e. The van der Waals surface area contributed by atoms with Crippen LogP contribution in [0.15, 0.2) is 18.3 Å². The summed E-state index contributed by atoms with van der Waals surface area (Å²) in [6, 6.07) is 4.15. The minimum atomic E-state index is -3.32. The molecule has 2 aromatic rings. The Kier molecular flexibility index (Phi) is 5.24. The molecule has 7 nitrogen and oxygen atoms in total. The first kappa shape index (κ1) is 18.9. The summed E-state index contributed by atoms with van der Waals surface area (Å²) in [6.45, 7) is 3.45. The molecular weight excluding hydrogens is 362 g/mol. The second-order valence-electron chi connectivity index (χ2n) is 7.86. The van der Waals surface area contributed by atoms with E-state index in [1.54, 1.807) is 18.4 Å². The fourth-order valence-electron chi connectivity index (χ4n) is 4.40. The summed E-state index contributed by atoms with van der Waals surface area (Å²) in [6.07, 6.45) is 6.93. The van der Waals surface area contributed by atoms with Gasteiger partial charge in [-0.15, -0.1) is 0 Å². The van der Waals surface area contributed by atoms with Gasteiger partial charge in [0.25, 0.3) is 10.2 Å². The van der Waals surface area contributed by atoms with Crippen molar-refractivity contribution in [1.82, 2.24) is 23.5 Å². The first-order valence-electron chi connectivity index (χ1n) is 9.82. The van der Waals surface area contributed by atoms with Crippen LogP contribution in [-0.2, 0) is 16.8 Å². The molecule has 27 heavy (non-hydrogen) atoms. The lowest BCUT2D eigenvalue weighted by Crippen LogP contribution is -2.51. The SMILES string of the molecule is CN(C)S(=O)(=O)N1CCN(Cc2c(C3CCCC3)[nH]c3ncccc23)CC1. The van der Waals surface area contributed by atoms with Gasteiger partial charge in [-0.25, -0.2) is 4.98 Å². The molecule has 0 radical (unpaired) electrons. The number of H-pyrrole nitrogens is 1. The van der Waals surface area contributed by atoms with Gasteiger partial charge < -0.3 is 4.98 Å². The summed E-state index contributed by atoms with van der Waals surface area (Å²) < 4.78 is 27.5. The Bertz CT molecular complexity index is 894. The third kappa shape index (κ3) is 3.63. The van der Waals surface area contributed by atoms with Crippen molar-refractivity contribution in [2.75, 3.05) is 40.3 Å². The zero-order valence-corrected chi connectivity index (χ0v) is 17.0. The molecule has 148 valence electrons. The Balaban J connectivity index is 1.53. The van der Waals surface area contributed by atoms with Crippen LogP contribution in [0, 0.1) is 0 Å². The van der Waals surface area contributed by atoms with Gasteiger partial charge in [-0.3, -0.25) is 4.90 Å². The fraction of sp³-hybridized carbons (Fsp3) is 0.632. The number of nitrogens with zero attached hydrogens (tertiary/aromatic N) is 4. The predicted octanol–water partition coefficient (Wildman–Crippen LogP) is 2.14. The number of hydrogen-bond donors (Lipinski definition) is 1. The molecule has 1 N–H and O–H groups in total. The lowest BCUT2D eigenvalue weighted by Gasteiger charge is -2.35. The van der Waals surface area contributed by atoms with Crippen LogP contribution in [0.25, 0.3) is 11.0 Å². The molecule has 3 heterocycles. The van der Waals surface area contributed by atoms with Gasteiger partial charge >= 0.3 is 0 Å². The molecule has 1 aliphatic heterocycles. The summed E-state index contributed by atoms with van der Waals surface area (Å²) in [4.78, 5) is 10.5. The first-order valence-corrected chi connectivity index (χ1v) is 11.2. The predicted molar refractivity (Wildman–Crippen MR) is 107 cm³/mol.